The Balaban J connectivity index is 1.57. The minimum atomic E-state index is -0.174. The molecule has 1 unspecified atom stereocenters. The normalized spacial score (nSPS) is 17.7. The molecule has 1 aliphatic heterocycles. The fourth-order valence-corrected chi connectivity index (χ4v) is 2.86. The van der Waals surface area contributed by atoms with Gasteiger partial charge < -0.3 is 10.2 Å². The van der Waals surface area contributed by atoms with Crippen molar-refractivity contribution in [2.45, 2.75) is 19.3 Å². The maximum Gasteiger partial charge on any atom is 0.230 e. The molecule has 2 N–H and O–H groups in total. The number of nitrogens with one attached hydrogen (secondary N) is 2. The Bertz CT molecular complexity index is 654. The van der Waals surface area contributed by atoms with Gasteiger partial charge in [0, 0.05) is 19.2 Å². The van der Waals surface area contributed by atoms with Crippen LogP contribution in [-0.4, -0.2) is 40.0 Å². The van der Waals surface area contributed by atoms with E-state index < -0.39 is 0 Å². The third-order valence-electron chi connectivity index (χ3n) is 4.10. The van der Waals surface area contributed by atoms with Gasteiger partial charge in [-0.25, -0.2) is 0 Å². The van der Waals surface area contributed by atoms with Crippen LogP contribution in [0.4, 0.5) is 5.82 Å². The highest BCUT2D eigenvalue weighted by atomic mass is 16.2. The van der Waals surface area contributed by atoms with E-state index in [4.69, 9.17) is 0 Å². The van der Waals surface area contributed by atoms with Crippen LogP contribution in [0.15, 0.2) is 42.6 Å². The average molecular weight is 312 g/mol. The van der Waals surface area contributed by atoms with Gasteiger partial charge in [0.05, 0.1) is 18.5 Å². The first-order valence-corrected chi connectivity index (χ1v) is 7.84. The smallest absolute Gasteiger partial charge is 0.230 e. The van der Waals surface area contributed by atoms with Gasteiger partial charge in [-0.1, -0.05) is 30.3 Å². The number of hydrogen-bond acceptors (Lipinski definition) is 3. The molecule has 0 spiro atoms. The second kappa shape index (κ2) is 7.09. The highest BCUT2D eigenvalue weighted by Crippen LogP contribution is 2.19. The summed E-state index contributed by atoms with van der Waals surface area (Å²) in [6.45, 7) is 1.20. The zero-order chi connectivity index (χ0) is 16.1. The van der Waals surface area contributed by atoms with E-state index in [0.29, 0.717) is 18.8 Å². The molecule has 0 saturated carbocycles. The second-order valence-electron chi connectivity index (χ2n) is 5.80. The van der Waals surface area contributed by atoms with Crippen LogP contribution in [0.1, 0.15) is 18.4 Å². The number of benzene rings is 1. The number of aromatic amines is 1. The van der Waals surface area contributed by atoms with Crippen LogP contribution < -0.4 is 5.32 Å². The number of aromatic nitrogens is 2. The summed E-state index contributed by atoms with van der Waals surface area (Å²) in [7, 11) is 0. The number of amides is 2. The van der Waals surface area contributed by atoms with E-state index in [1.807, 2.05) is 30.3 Å². The van der Waals surface area contributed by atoms with Crippen molar-refractivity contribution in [1.82, 2.24) is 15.1 Å². The van der Waals surface area contributed by atoms with Crippen LogP contribution in [0, 0.1) is 5.92 Å². The monoisotopic (exact) mass is 312 g/mol. The fraction of sp³-hybridized carbons (Fsp3) is 0.353. The molecule has 1 fully saturated rings. The van der Waals surface area contributed by atoms with Crippen molar-refractivity contribution >= 4 is 17.6 Å². The standard InChI is InChI=1S/C17H20N4O2/c22-16(11-13-5-2-1-3-6-13)21-10-4-7-14(12-21)17(23)19-15-8-9-18-20-15/h1-3,5-6,8-9,14H,4,7,10-12H2,(H2,18,19,20,23). The summed E-state index contributed by atoms with van der Waals surface area (Å²) < 4.78 is 0. The zero-order valence-electron chi connectivity index (χ0n) is 12.9. The van der Waals surface area contributed by atoms with Crippen molar-refractivity contribution in [3.63, 3.8) is 0 Å². The van der Waals surface area contributed by atoms with Gasteiger partial charge in [0.15, 0.2) is 0 Å². The Morgan fingerprint density at radius 2 is 2.09 bits per heavy atom. The molecule has 6 heteroatoms. The summed E-state index contributed by atoms with van der Waals surface area (Å²) in [5, 5.41) is 9.32. The lowest BCUT2D eigenvalue weighted by Gasteiger charge is -2.32. The van der Waals surface area contributed by atoms with Crippen molar-refractivity contribution in [2.75, 3.05) is 18.4 Å². The Kier molecular flexibility index (Phi) is 4.71. The Labute approximate surface area is 134 Å². The van der Waals surface area contributed by atoms with E-state index in [0.717, 1.165) is 24.9 Å². The van der Waals surface area contributed by atoms with Crippen LogP contribution in [0.5, 0.6) is 0 Å². The topological polar surface area (TPSA) is 78.1 Å². The number of carbonyl (C=O) groups is 2. The number of hydrogen-bond donors (Lipinski definition) is 2. The van der Waals surface area contributed by atoms with Crippen molar-refractivity contribution in [2.24, 2.45) is 5.92 Å². The van der Waals surface area contributed by atoms with Crippen LogP contribution in [0.2, 0.25) is 0 Å². The van der Waals surface area contributed by atoms with Gasteiger partial charge in [-0.3, -0.25) is 14.7 Å². The molecule has 0 bridgehead atoms. The minimum Gasteiger partial charge on any atom is -0.342 e. The van der Waals surface area contributed by atoms with Crippen molar-refractivity contribution in [1.29, 1.82) is 0 Å². The first-order chi connectivity index (χ1) is 11.2. The summed E-state index contributed by atoms with van der Waals surface area (Å²) in [4.78, 5) is 26.5. The molecule has 0 aliphatic carbocycles. The number of rotatable bonds is 4. The molecule has 1 aliphatic rings. The number of likely N-dealkylation sites (tertiary alicyclic amines) is 1. The highest BCUT2D eigenvalue weighted by Gasteiger charge is 2.28. The largest absolute Gasteiger partial charge is 0.342 e. The lowest BCUT2D eigenvalue weighted by atomic mass is 9.96. The number of H-pyrrole nitrogens is 1. The molecule has 1 saturated heterocycles. The van der Waals surface area contributed by atoms with Crippen LogP contribution >= 0.6 is 0 Å². The maximum absolute atomic E-state index is 12.4. The molecule has 0 radical (unpaired) electrons. The van der Waals surface area contributed by atoms with Gasteiger partial charge in [0.1, 0.15) is 5.82 Å². The van der Waals surface area contributed by atoms with Gasteiger partial charge in [0.2, 0.25) is 11.8 Å². The molecule has 23 heavy (non-hydrogen) atoms. The van der Waals surface area contributed by atoms with E-state index in [2.05, 4.69) is 15.5 Å². The van der Waals surface area contributed by atoms with Crippen LogP contribution in [-0.2, 0) is 16.0 Å². The molecule has 1 aromatic heterocycles. The number of carbonyl (C=O) groups excluding carboxylic acids is 2. The molecule has 1 aromatic carbocycles. The fourth-order valence-electron chi connectivity index (χ4n) is 2.86. The summed E-state index contributed by atoms with van der Waals surface area (Å²) in [6, 6.07) is 11.4. The number of nitrogens with zero attached hydrogens (tertiary/aromatic N) is 2. The molecule has 120 valence electrons. The van der Waals surface area contributed by atoms with E-state index in [-0.39, 0.29) is 17.7 Å². The van der Waals surface area contributed by atoms with Gasteiger partial charge >= 0.3 is 0 Å². The van der Waals surface area contributed by atoms with Gasteiger partial charge in [-0.05, 0) is 18.4 Å². The van der Waals surface area contributed by atoms with Gasteiger partial charge in [0.25, 0.3) is 0 Å². The van der Waals surface area contributed by atoms with Gasteiger partial charge in [-0.15, -0.1) is 0 Å². The van der Waals surface area contributed by atoms with E-state index in [9.17, 15) is 9.59 Å². The van der Waals surface area contributed by atoms with E-state index in [1.54, 1.807) is 17.2 Å². The molecule has 6 nitrogen and oxygen atoms in total. The summed E-state index contributed by atoms with van der Waals surface area (Å²) in [5.74, 6) is 0.427. The second-order valence-corrected chi connectivity index (χ2v) is 5.80. The highest BCUT2D eigenvalue weighted by molar-refractivity contribution is 5.92. The number of piperidine rings is 1. The van der Waals surface area contributed by atoms with Crippen molar-refractivity contribution in [3.8, 4) is 0 Å². The van der Waals surface area contributed by atoms with Crippen LogP contribution in [0.25, 0.3) is 0 Å². The van der Waals surface area contributed by atoms with Crippen molar-refractivity contribution in [3.05, 3.63) is 48.2 Å². The maximum atomic E-state index is 12.4. The summed E-state index contributed by atoms with van der Waals surface area (Å²) in [6.07, 6.45) is 3.62. The van der Waals surface area contributed by atoms with Crippen molar-refractivity contribution < 1.29 is 9.59 Å². The third-order valence-corrected chi connectivity index (χ3v) is 4.10. The zero-order valence-corrected chi connectivity index (χ0v) is 12.9. The molecular weight excluding hydrogens is 292 g/mol. The molecular formula is C17H20N4O2. The summed E-state index contributed by atoms with van der Waals surface area (Å²) in [5.41, 5.74) is 1.00. The third kappa shape index (κ3) is 3.97. The lowest BCUT2D eigenvalue weighted by Crippen LogP contribution is -2.44. The predicted molar refractivity (Wildman–Crippen MR) is 86.7 cm³/mol. The Hall–Kier alpha value is -2.63. The predicted octanol–water partition coefficient (Wildman–Crippen LogP) is 1.83. The van der Waals surface area contributed by atoms with E-state index in [1.165, 1.54) is 0 Å². The first kappa shape index (κ1) is 15.3. The average Bonchev–Trinajstić information content (AvgIpc) is 3.09. The number of anilines is 1. The molecule has 2 amide bonds. The molecule has 2 aromatic rings. The SMILES string of the molecule is O=C(Nc1ccn[nH]1)C1CCCN(C(=O)Cc2ccccc2)C1. The Morgan fingerprint density at radius 1 is 1.26 bits per heavy atom. The molecule has 2 heterocycles. The summed E-state index contributed by atoms with van der Waals surface area (Å²) >= 11 is 0. The molecule has 3 rings (SSSR count). The Morgan fingerprint density at radius 3 is 2.83 bits per heavy atom. The van der Waals surface area contributed by atoms with Gasteiger partial charge in [-0.2, -0.15) is 5.10 Å². The van der Waals surface area contributed by atoms with Crippen LogP contribution in [0.3, 0.4) is 0 Å². The first-order valence-electron chi connectivity index (χ1n) is 7.84. The lowest BCUT2D eigenvalue weighted by molar-refractivity contribution is -0.133. The minimum absolute atomic E-state index is 0.0635. The van der Waals surface area contributed by atoms with E-state index >= 15 is 0 Å². The molecule has 1 atom stereocenters. The quantitative estimate of drug-likeness (QED) is 0.904.